The standard InChI is InChI=1S/C61H51BN2S4/c1-35(2)38-29-49-57-50(30-38)64(42-18-14-16-37(28-42)48-34-66-52-22-12-10-20-44(48)52)59-56(46-32-40(61(6,7)8)24-26-54(46)68-59)62(57)55-45-31-39(60(3,4)5)23-25-53(45)67-58(55)63(49)41-17-13-15-36(27-41)47-33-65-51-21-11-9-19-43(47)51/h9-35H,1-8H3. The molecule has 11 aromatic rings. The number of rotatable bonds is 5. The van der Waals surface area contributed by atoms with Crippen LogP contribution in [0.3, 0.4) is 0 Å². The van der Waals surface area contributed by atoms with Gasteiger partial charge in [-0.05, 0) is 143 Å². The molecular formula is C61H51BN2S4. The van der Waals surface area contributed by atoms with Crippen molar-refractivity contribution in [3.8, 4) is 22.3 Å². The molecule has 332 valence electrons. The summed E-state index contributed by atoms with van der Waals surface area (Å²) in [7, 11) is 0. The van der Waals surface area contributed by atoms with Gasteiger partial charge in [0.1, 0.15) is 0 Å². The molecule has 0 bridgehead atoms. The Labute approximate surface area is 415 Å². The highest BCUT2D eigenvalue weighted by Gasteiger charge is 2.47. The van der Waals surface area contributed by atoms with Crippen molar-refractivity contribution >= 4 is 142 Å². The van der Waals surface area contributed by atoms with E-state index in [2.05, 4.69) is 222 Å². The number of anilines is 6. The number of fused-ring (bicyclic) bond motifs is 10. The average Bonchev–Trinajstić information content (AvgIpc) is 4.13. The second kappa shape index (κ2) is 15.3. The largest absolute Gasteiger partial charge is 0.303 e. The summed E-state index contributed by atoms with van der Waals surface area (Å²) in [5.41, 5.74) is 18.3. The van der Waals surface area contributed by atoms with Crippen LogP contribution in [0.25, 0.3) is 62.6 Å². The van der Waals surface area contributed by atoms with E-state index in [1.807, 2.05) is 45.3 Å². The Kier molecular flexibility index (Phi) is 9.47. The number of hydrogen-bond acceptors (Lipinski definition) is 6. The first-order valence-corrected chi connectivity index (χ1v) is 27.2. The van der Waals surface area contributed by atoms with Gasteiger partial charge in [0, 0.05) is 63.4 Å². The maximum atomic E-state index is 2.66. The van der Waals surface area contributed by atoms with E-state index in [1.54, 1.807) is 0 Å². The second-order valence-corrected chi connectivity index (χ2v) is 25.1. The first-order valence-electron chi connectivity index (χ1n) is 23.9. The Morgan fingerprint density at radius 3 is 1.34 bits per heavy atom. The predicted molar refractivity (Wildman–Crippen MR) is 304 cm³/mol. The lowest BCUT2D eigenvalue weighted by Gasteiger charge is -2.42. The molecule has 13 rings (SSSR count). The van der Waals surface area contributed by atoms with Crippen LogP contribution in [-0.2, 0) is 10.8 Å². The number of thiophene rings is 4. The van der Waals surface area contributed by atoms with Crippen LogP contribution in [0.15, 0.2) is 156 Å². The summed E-state index contributed by atoms with van der Waals surface area (Å²) < 4.78 is 5.30. The normalized spacial score (nSPS) is 13.6. The molecule has 0 saturated heterocycles. The van der Waals surface area contributed by atoms with Crippen LogP contribution in [0.2, 0.25) is 0 Å². The first-order chi connectivity index (χ1) is 32.8. The monoisotopic (exact) mass is 950 g/mol. The van der Waals surface area contributed by atoms with Crippen LogP contribution in [0, 0.1) is 0 Å². The highest BCUT2D eigenvalue weighted by Crippen LogP contribution is 2.52. The summed E-state index contributed by atoms with van der Waals surface area (Å²) in [5, 5.41) is 12.7. The predicted octanol–water partition coefficient (Wildman–Crippen LogP) is 17.7. The second-order valence-electron chi connectivity index (χ2n) is 21.2. The topological polar surface area (TPSA) is 6.48 Å². The molecule has 0 fully saturated rings. The Hall–Kier alpha value is -5.96. The molecule has 2 aliphatic rings. The Morgan fingerprint density at radius 2 is 0.897 bits per heavy atom. The third-order valence-corrected chi connectivity index (χ3v) is 18.8. The lowest BCUT2D eigenvalue weighted by molar-refractivity contribution is 0.591. The molecular weight excluding hydrogens is 900 g/mol. The van der Waals surface area contributed by atoms with Crippen molar-refractivity contribution in [2.45, 2.75) is 72.1 Å². The van der Waals surface area contributed by atoms with E-state index < -0.39 is 0 Å². The van der Waals surface area contributed by atoms with Crippen LogP contribution in [0.1, 0.15) is 78.0 Å². The zero-order valence-electron chi connectivity index (χ0n) is 39.7. The molecule has 0 atom stereocenters. The molecule has 7 aromatic carbocycles. The van der Waals surface area contributed by atoms with Gasteiger partial charge in [0.15, 0.2) is 0 Å². The summed E-state index contributed by atoms with van der Waals surface area (Å²) in [6.45, 7) is 18.8. The molecule has 0 amide bonds. The van der Waals surface area contributed by atoms with Crippen LogP contribution in [-0.4, -0.2) is 6.71 Å². The minimum Gasteiger partial charge on any atom is -0.303 e. The van der Waals surface area contributed by atoms with Gasteiger partial charge >= 0.3 is 0 Å². The smallest absolute Gasteiger partial charge is 0.256 e. The molecule has 2 aliphatic heterocycles. The van der Waals surface area contributed by atoms with Gasteiger partial charge < -0.3 is 9.80 Å². The van der Waals surface area contributed by atoms with Gasteiger partial charge in [0.25, 0.3) is 6.71 Å². The third kappa shape index (κ3) is 6.46. The quantitative estimate of drug-likeness (QED) is 0.159. The molecule has 7 heteroatoms. The highest BCUT2D eigenvalue weighted by atomic mass is 32.1. The maximum Gasteiger partial charge on any atom is 0.256 e. The third-order valence-electron chi connectivity index (χ3n) is 14.5. The van der Waals surface area contributed by atoms with Gasteiger partial charge in [0.05, 0.1) is 10.0 Å². The summed E-state index contributed by atoms with van der Waals surface area (Å²) >= 11 is 7.59. The van der Waals surface area contributed by atoms with Crippen molar-refractivity contribution < 1.29 is 0 Å². The number of hydrogen-bond donors (Lipinski definition) is 0. The highest BCUT2D eigenvalue weighted by molar-refractivity contribution is 7.29. The Morgan fingerprint density at radius 1 is 0.441 bits per heavy atom. The molecule has 0 radical (unpaired) electrons. The van der Waals surface area contributed by atoms with Crippen molar-refractivity contribution in [2.75, 3.05) is 9.80 Å². The molecule has 68 heavy (non-hydrogen) atoms. The van der Waals surface area contributed by atoms with Crippen molar-refractivity contribution in [3.05, 3.63) is 173 Å². The van der Waals surface area contributed by atoms with E-state index in [9.17, 15) is 0 Å². The minimum absolute atomic E-state index is 0.00571. The fourth-order valence-electron chi connectivity index (χ4n) is 10.9. The first kappa shape index (κ1) is 42.2. The van der Waals surface area contributed by atoms with E-state index >= 15 is 0 Å². The lowest BCUT2D eigenvalue weighted by atomic mass is 9.33. The molecule has 2 nitrogen and oxygen atoms in total. The van der Waals surface area contributed by atoms with Crippen molar-refractivity contribution in [1.82, 2.24) is 0 Å². The van der Waals surface area contributed by atoms with Gasteiger partial charge in [-0.1, -0.05) is 140 Å². The SMILES string of the molecule is CC(C)c1cc2c3c(c1)N(c1cccc(-c4csc5ccccc45)c1)c1sc4ccc(C(C)(C)C)cc4c1B3c1c(sc3ccc(C(C)(C)C)cc13)N2c1cccc(-c2csc3ccccc23)c1. The van der Waals surface area contributed by atoms with Crippen molar-refractivity contribution in [1.29, 1.82) is 0 Å². The van der Waals surface area contributed by atoms with Gasteiger partial charge in [-0.25, -0.2) is 0 Å². The number of nitrogens with zero attached hydrogens (tertiary/aromatic N) is 2. The van der Waals surface area contributed by atoms with Crippen LogP contribution in [0.5, 0.6) is 0 Å². The number of benzene rings is 7. The van der Waals surface area contributed by atoms with Crippen molar-refractivity contribution in [2.24, 2.45) is 0 Å². The Bertz CT molecular complexity index is 3600. The van der Waals surface area contributed by atoms with E-state index in [4.69, 9.17) is 0 Å². The Balaban J connectivity index is 1.14. The molecule has 0 unspecified atom stereocenters. The van der Waals surface area contributed by atoms with Crippen molar-refractivity contribution in [3.63, 3.8) is 0 Å². The van der Waals surface area contributed by atoms with E-state index in [-0.39, 0.29) is 17.5 Å². The van der Waals surface area contributed by atoms with E-state index in [0.29, 0.717) is 5.92 Å². The summed E-state index contributed by atoms with van der Waals surface area (Å²) in [6.07, 6.45) is 0. The summed E-state index contributed by atoms with van der Waals surface area (Å²) in [5.74, 6) is 0.307. The fraction of sp³-hybridized carbons (Fsp3) is 0.180. The molecule has 6 heterocycles. The minimum atomic E-state index is -0.00571. The molecule has 4 aromatic heterocycles. The summed E-state index contributed by atoms with van der Waals surface area (Å²) in [6, 6.07) is 56.2. The summed E-state index contributed by atoms with van der Waals surface area (Å²) in [4.78, 5) is 5.31. The van der Waals surface area contributed by atoms with Crippen LogP contribution < -0.4 is 26.2 Å². The lowest BCUT2D eigenvalue weighted by Crippen LogP contribution is -2.60. The molecule has 0 saturated carbocycles. The molecule has 0 aliphatic carbocycles. The molecule has 0 N–H and O–H groups in total. The molecule has 0 spiro atoms. The van der Waals surface area contributed by atoms with E-state index in [1.165, 1.54) is 128 Å². The van der Waals surface area contributed by atoms with Gasteiger partial charge in [-0.2, -0.15) is 0 Å². The van der Waals surface area contributed by atoms with Crippen LogP contribution >= 0.6 is 45.3 Å². The van der Waals surface area contributed by atoms with Gasteiger partial charge in [-0.15, -0.1) is 45.3 Å². The fourth-order valence-corrected chi connectivity index (χ4v) is 15.3. The van der Waals surface area contributed by atoms with Crippen LogP contribution in [0.4, 0.5) is 32.8 Å². The van der Waals surface area contributed by atoms with Gasteiger partial charge in [0.2, 0.25) is 0 Å². The van der Waals surface area contributed by atoms with Gasteiger partial charge in [-0.3, -0.25) is 0 Å². The zero-order chi connectivity index (χ0) is 46.4. The maximum absolute atomic E-state index is 2.66. The van der Waals surface area contributed by atoms with E-state index in [0.717, 1.165) is 0 Å². The zero-order valence-corrected chi connectivity index (χ0v) is 43.0. The average molecular weight is 951 g/mol.